The Morgan fingerprint density at radius 2 is 1.81 bits per heavy atom. The van der Waals surface area contributed by atoms with E-state index in [1.807, 2.05) is 43.3 Å². The second-order valence-electron chi connectivity index (χ2n) is 4.71. The molecule has 1 heterocycles. The van der Waals surface area contributed by atoms with E-state index in [1.54, 1.807) is 6.07 Å². The Morgan fingerprint density at radius 1 is 1.05 bits per heavy atom. The molecule has 0 aliphatic carbocycles. The second-order valence-corrected chi connectivity index (χ2v) is 5.53. The molecule has 106 valence electrons. The van der Waals surface area contributed by atoms with Gasteiger partial charge in [0.1, 0.15) is 5.69 Å². The molecule has 0 radical (unpaired) electrons. The minimum absolute atomic E-state index is 0.241. The lowest BCUT2D eigenvalue weighted by Gasteiger charge is -2.06. The molecule has 5 heteroatoms. The molecule has 1 aromatic heterocycles. The third kappa shape index (κ3) is 2.50. The predicted molar refractivity (Wildman–Crippen MR) is 86.5 cm³/mol. The molecule has 0 spiro atoms. The molecular weight excluding hydrogens is 307 g/mol. The van der Waals surface area contributed by atoms with Gasteiger partial charge in [-0.05, 0) is 30.7 Å². The molecule has 0 saturated carbocycles. The summed E-state index contributed by atoms with van der Waals surface area (Å²) in [5, 5.41) is 5.37. The van der Waals surface area contributed by atoms with Crippen LogP contribution in [-0.4, -0.2) is 5.16 Å². The summed E-state index contributed by atoms with van der Waals surface area (Å²) in [7, 11) is 0. The molecular formula is C16H12Cl2N2O. The van der Waals surface area contributed by atoms with Gasteiger partial charge in [-0.1, -0.05) is 52.6 Å². The largest absolute Gasteiger partial charge is 0.367 e. The fraction of sp³-hybridized carbons (Fsp3) is 0.0625. The van der Waals surface area contributed by atoms with E-state index in [9.17, 15) is 0 Å². The maximum absolute atomic E-state index is 6.26. The number of aryl methyl sites for hydroxylation is 1. The maximum Gasteiger partial charge on any atom is 0.230 e. The first-order chi connectivity index (χ1) is 10.1. The highest BCUT2D eigenvalue weighted by Crippen LogP contribution is 2.39. The van der Waals surface area contributed by atoms with Crippen LogP contribution in [0, 0.1) is 6.92 Å². The topological polar surface area (TPSA) is 52.0 Å². The number of benzene rings is 2. The summed E-state index contributed by atoms with van der Waals surface area (Å²) in [5.41, 5.74) is 9.92. The van der Waals surface area contributed by atoms with Crippen LogP contribution in [0.15, 0.2) is 47.0 Å². The van der Waals surface area contributed by atoms with E-state index in [-0.39, 0.29) is 5.88 Å². The summed E-state index contributed by atoms with van der Waals surface area (Å²) >= 11 is 12.3. The van der Waals surface area contributed by atoms with Crippen LogP contribution in [0.1, 0.15) is 5.56 Å². The fourth-order valence-electron chi connectivity index (χ4n) is 2.22. The average Bonchev–Trinajstić information content (AvgIpc) is 2.84. The highest BCUT2D eigenvalue weighted by molar-refractivity contribution is 6.33. The smallest absolute Gasteiger partial charge is 0.230 e. The molecule has 0 fully saturated rings. The van der Waals surface area contributed by atoms with E-state index in [2.05, 4.69) is 5.16 Å². The van der Waals surface area contributed by atoms with Crippen molar-refractivity contribution in [2.24, 2.45) is 0 Å². The first kappa shape index (κ1) is 14.0. The quantitative estimate of drug-likeness (QED) is 0.706. The van der Waals surface area contributed by atoms with Crippen molar-refractivity contribution in [1.82, 2.24) is 5.16 Å². The van der Waals surface area contributed by atoms with E-state index < -0.39 is 0 Å². The number of anilines is 1. The number of hydrogen-bond donors (Lipinski definition) is 1. The van der Waals surface area contributed by atoms with E-state index in [0.717, 1.165) is 16.7 Å². The monoisotopic (exact) mass is 318 g/mol. The SMILES string of the molecule is Cc1cc(-c2noc(N)c2-c2ccccc2Cl)ccc1Cl. The highest BCUT2D eigenvalue weighted by atomic mass is 35.5. The molecule has 0 aliphatic heterocycles. The van der Waals surface area contributed by atoms with Crippen LogP contribution in [0.25, 0.3) is 22.4 Å². The molecule has 3 rings (SSSR count). The maximum atomic E-state index is 6.26. The van der Waals surface area contributed by atoms with Gasteiger partial charge >= 0.3 is 0 Å². The molecule has 3 aromatic rings. The number of hydrogen-bond acceptors (Lipinski definition) is 3. The summed E-state index contributed by atoms with van der Waals surface area (Å²) in [6.45, 7) is 1.93. The van der Waals surface area contributed by atoms with Crippen LogP contribution in [0.5, 0.6) is 0 Å². The van der Waals surface area contributed by atoms with E-state index in [0.29, 0.717) is 21.3 Å². The van der Waals surface area contributed by atoms with Gasteiger partial charge in [0.15, 0.2) is 0 Å². The van der Waals surface area contributed by atoms with Crippen molar-refractivity contribution in [3.63, 3.8) is 0 Å². The number of nitrogen functional groups attached to an aromatic ring is 1. The molecule has 0 atom stereocenters. The Balaban J connectivity index is 2.22. The number of nitrogens with two attached hydrogens (primary N) is 1. The van der Waals surface area contributed by atoms with E-state index in [4.69, 9.17) is 33.5 Å². The van der Waals surface area contributed by atoms with Gasteiger partial charge in [-0.2, -0.15) is 0 Å². The summed E-state index contributed by atoms with van der Waals surface area (Å²) in [5.74, 6) is 0.241. The molecule has 2 N–H and O–H groups in total. The third-order valence-electron chi connectivity index (χ3n) is 3.29. The summed E-state index contributed by atoms with van der Waals surface area (Å²) in [6, 6.07) is 13.1. The van der Waals surface area contributed by atoms with Crippen molar-refractivity contribution in [2.45, 2.75) is 6.92 Å². The van der Waals surface area contributed by atoms with Crippen molar-refractivity contribution in [2.75, 3.05) is 5.73 Å². The first-order valence-corrected chi connectivity index (χ1v) is 7.10. The van der Waals surface area contributed by atoms with E-state index >= 15 is 0 Å². The molecule has 0 saturated heterocycles. The van der Waals surface area contributed by atoms with Crippen molar-refractivity contribution >= 4 is 29.1 Å². The molecule has 0 amide bonds. The van der Waals surface area contributed by atoms with Gasteiger partial charge in [0, 0.05) is 21.2 Å². The van der Waals surface area contributed by atoms with Gasteiger partial charge in [0.05, 0.1) is 5.56 Å². The van der Waals surface area contributed by atoms with Gasteiger partial charge in [-0.15, -0.1) is 0 Å². The molecule has 21 heavy (non-hydrogen) atoms. The standard InChI is InChI=1S/C16H12Cl2N2O/c1-9-8-10(6-7-12(9)17)15-14(16(19)21-20-15)11-4-2-3-5-13(11)18/h2-8H,19H2,1H3. The Bertz CT molecular complexity index is 812. The van der Waals surface area contributed by atoms with E-state index in [1.165, 1.54) is 0 Å². The predicted octanol–water partition coefficient (Wildman–Crippen LogP) is 5.21. The lowest BCUT2D eigenvalue weighted by molar-refractivity contribution is 0.439. The number of rotatable bonds is 2. The Kier molecular flexibility index (Phi) is 3.62. The molecule has 0 bridgehead atoms. The van der Waals surface area contributed by atoms with Crippen LogP contribution in [0.3, 0.4) is 0 Å². The van der Waals surface area contributed by atoms with Crippen LogP contribution in [0.4, 0.5) is 5.88 Å². The van der Waals surface area contributed by atoms with Crippen molar-refractivity contribution in [3.8, 4) is 22.4 Å². The van der Waals surface area contributed by atoms with Crippen LogP contribution < -0.4 is 5.73 Å². The lowest BCUT2D eigenvalue weighted by Crippen LogP contribution is -1.89. The Labute approximate surface area is 132 Å². The summed E-state index contributed by atoms with van der Waals surface area (Å²) in [4.78, 5) is 0. The molecule has 0 unspecified atom stereocenters. The van der Waals surface area contributed by atoms with Crippen LogP contribution >= 0.6 is 23.2 Å². The number of halogens is 2. The Hall–Kier alpha value is -1.97. The zero-order valence-electron chi connectivity index (χ0n) is 11.2. The van der Waals surface area contributed by atoms with Gasteiger partial charge < -0.3 is 10.3 Å². The number of aromatic nitrogens is 1. The van der Waals surface area contributed by atoms with Crippen LogP contribution in [-0.2, 0) is 0 Å². The third-order valence-corrected chi connectivity index (χ3v) is 4.05. The Morgan fingerprint density at radius 3 is 2.52 bits per heavy atom. The van der Waals surface area contributed by atoms with Gasteiger partial charge in [0.25, 0.3) is 0 Å². The fourth-order valence-corrected chi connectivity index (χ4v) is 2.56. The normalized spacial score (nSPS) is 10.8. The highest BCUT2D eigenvalue weighted by Gasteiger charge is 2.19. The number of nitrogens with zero attached hydrogens (tertiary/aromatic N) is 1. The molecule has 2 aromatic carbocycles. The van der Waals surface area contributed by atoms with Gasteiger partial charge in [-0.3, -0.25) is 0 Å². The molecule has 3 nitrogen and oxygen atoms in total. The van der Waals surface area contributed by atoms with Crippen LogP contribution in [0.2, 0.25) is 10.0 Å². The van der Waals surface area contributed by atoms with Gasteiger partial charge in [0.2, 0.25) is 5.88 Å². The zero-order chi connectivity index (χ0) is 15.0. The van der Waals surface area contributed by atoms with Gasteiger partial charge in [-0.25, -0.2) is 0 Å². The average molecular weight is 319 g/mol. The summed E-state index contributed by atoms with van der Waals surface area (Å²) in [6.07, 6.45) is 0. The molecule has 0 aliphatic rings. The van der Waals surface area contributed by atoms with Crippen molar-refractivity contribution in [3.05, 3.63) is 58.1 Å². The summed E-state index contributed by atoms with van der Waals surface area (Å²) < 4.78 is 5.17. The van der Waals surface area contributed by atoms with Crippen molar-refractivity contribution in [1.29, 1.82) is 0 Å². The second kappa shape index (κ2) is 5.43. The lowest BCUT2D eigenvalue weighted by atomic mass is 10.00. The first-order valence-electron chi connectivity index (χ1n) is 6.34. The van der Waals surface area contributed by atoms with Crippen molar-refractivity contribution < 1.29 is 4.52 Å². The minimum atomic E-state index is 0.241. The zero-order valence-corrected chi connectivity index (χ0v) is 12.7. The minimum Gasteiger partial charge on any atom is -0.367 e.